The minimum atomic E-state index is -0.612. The van der Waals surface area contributed by atoms with Gasteiger partial charge in [0.25, 0.3) is 0 Å². The third kappa shape index (κ3) is 5.42. The number of thiazole rings is 1. The molecule has 0 saturated heterocycles. The average Bonchev–Trinajstić information content (AvgIpc) is 3.33. The Morgan fingerprint density at radius 2 is 1.97 bits per heavy atom. The Labute approximate surface area is 216 Å². The van der Waals surface area contributed by atoms with Gasteiger partial charge in [-0.3, -0.25) is 5.32 Å². The fourth-order valence-electron chi connectivity index (χ4n) is 3.72. The standard InChI is InChI=1S/C27H21N5O4S/c1-16-11-20(25-22(12-16)31-24(34-3)15-29-25)26-32-21-8-7-19(14-23(21)37-26)35-9-10-36-27(33)30-18-6-4-5-17(13-18)28-2/h4-8,11-15H,9-10H2,1,3H3,(H,30,33). The topological polar surface area (TPSA) is 99.8 Å². The van der Waals surface area contributed by atoms with E-state index >= 15 is 0 Å². The Kier molecular flexibility index (Phi) is 6.78. The van der Waals surface area contributed by atoms with Gasteiger partial charge < -0.3 is 14.2 Å². The van der Waals surface area contributed by atoms with Crippen LogP contribution in [0.1, 0.15) is 5.56 Å². The maximum absolute atomic E-state index is 12.0. The van der Waals surface area contributed by atoms with E-state index in [4.69, 9.17) is 25.8 Å². The lowest BCUT2D eigenvalue weighted by Crippen LogP contribution is -2.17. The lowest BCUT2D eigenvalue weighted by molar-refractivity contribution is 0.138. The number of amides is 1. The Morgan fingerprint density at radius 3 is 2.81 bits per heavy atom. The predicted octanol–water partition coefficient (Wildman–Crippen LogP) is 6.40. The summed E-state index contributed by atoms with van der Waals surface area (Å²) < 4.78 is 17.1. The van der Waals surface area contributed by atoms with Crippen LogP contribution in [0.15, 0.2) is 60.8 Å². The van der Waals surface area contributed by atoms with Gasteiger partial charge in [0.1, 0.15) is 24.0 Å². The number of carbonyl (C=O) groups is 1. The number of carbonyl (C=O) groups excluding carboxylic acids is 1. The molecule has 0 atom stereocenters. The zero-order valence-corrected chi connectivity index (χ0v) is 20.8. The van der Waals surface area contributed by atoms with Crippen LogP contribution in [-0.2, 0) is 4.74 Å². The molecule has 2 aromatic heterocycles. The van der Waals surface area contributed by atoms with Crippen molar-refractivity contribution in [3.8, 4) is 22.2 Å². The van der Waals surface area contributed by atoms with Crippen LogP contribution in [0.4, 0.5) is 16.2 Å². The molecule has 0 aliphatic carbocycles. The molecule has 37 heavy (non-hydrogen) atoms. The quantitative estimate of drug-likeness (QED) is 0.199. The number of fused-ring (bicyclic) bond motifs is 2. The fraction of sp³-hybridized carbons (Fsp3) is 0.148. The lowest BCUT2D eigenvalue weighted by Gasteiger charge is -2.09. The molecule has 0 aliphatic heterocycles. The van der Waals surface area contributed by atoms with Gasteiger partial charge in [-0.05, 0) is 55.0 Å². The normalized spacial score (nSPS) is 10.7. The molecule has 9 nitrogen and oxygen atoms in total. The van der Waals surface area contributed by atoms with Crippen molar-refractivity contribution in [2.45, 2.75) is 6.92 Å². The summed E-state index contributed by atoms with van der Waals surface area (Å²) in [5.41, 5.74) is 5.26. The highest BCUT2D eigenvalue weighted by molar-refractivity contribution is 7.21. The fourth-order valence-corrected chi connectivity index (χ4v) is 4.73. The van der Waals surface area contributed by atoms with Crippen molar-refractivity contribution in [2.75, 3.05) is 25.6 Å². The van der Waals surface area contributed by atoms with Crippen molar-refractivity contribution in [1.82, 2.24) is 15.0 Å². The van der Waals surface area contributed by atoms with Gasteiger partial charge in [-0.15, -0.1) is 11.3 Å². The maximum Gasteiger partial charge on any atom is 0.411 e. The van der Waals surface area contributed by atoms with Gasteiger partial charge >= 0.3 is 6.09 Å². The molecule has 0 saturated carbocycles. The maximum atomic E-state index is 12.0. The minimum Gasteiger partial charge on any atom is -0.490 e. The van der Waals surface area contributed by atoms with Gasteiger partial charge in [-0.1, -0.05) is 12.1 Å². The highest BCUT2D eigenvalue weighted by Gasteiger charge is 2.14. The minimum absolute atomic E-state index is 0.0672. The number of aromatic nitrogens is 3. The average molecular weight is 512 g/mol. The Morgan fingerprint density at radius 1 is 1.08 bits per heavy atom. The van der Waals surface area contributed by atoms with Crippen LogP contribution in [0.3, 0.4) is 0 Å². The number of hydrogen-bond acceptors (Lipinski definition) is 8. The van der Waals surface area contributed by atoms with Gasteiger partial charge in [-0.2, -0.15) is 0 Å². The van der Waals surface area contributed by atoms with Crippen LogP contribution >= 0.6 is 11.3 Å². The molecule has 3 aromatic carbocycles. The van der Waals surface area contributed by atoms with E-state index in [0.717, 1.165) is 37.4 Å². The van der Waals surface area contributed by atoms with Crippen molar-refractivity contribution < 1.29 is 19.0 Å². The van der Waals surface area contributed by atoms with E-state index in [2.05, 4.69) is 26.2 Å². The number of benzene rings is 3. The first kappa shape index (κ1) is 24.0. The summed E-state index contributed by atoms with van der Waals surface area (Å²) in [6.45, 7) is 9.31. The molecule has 5 rings (SSSR count). The van der Waals surface area contributed by atoms with E-state index in [-0.39, 0.29) is 13.2 Å². The number of aryl methyl sites for hydroxylation is 1. The summed E-state index contributed by atoms with van der Waals surface area (Å²) in [7, 11) is 1.57. The molecule has 2 heterocycles. The number of ether oxygens (including phenoxy) is 3. The number of hydrogen-bond donors (Lipinski definition) is 1. The highest BCUT2D eigenvalue weighted by atomic mass is 32.1. The summed E-state index contributed by atoms with van der Waals surface area (Å²) in [6.07, 6.45) is 0.993. The number of nitrogens with one attached hydrogen (secondary N) is 1. The number of methoxy groups -OCH3 is 1. The number of anilines is 1. The van der Waals surface area contributed by atoms with Gasteiger partial charge in [0.05, 0.1) is 41.1 Å². The van der Waals surface area contributed by atoms with E-state index in [1.54, 1.807) is 37.6 Å². The van der Waals surface area contributed by atoms with Crippen LogP contribution in [0.25, 0.3) is 36.7 Å². The second kappa shape index (κ2) is 10.5. The Bertz CT molecular complexity index is 1660. The Hall–Kier alpha value is -4.75. The van der Waals surface area contributed by atoms with Gasteiger partial charge in [0.2, 0.25) is 5.88 Å². The number of rotatable bonds is 7. The zero-order chi connectivity index (χ0) is 25.8. The molecular formula is C27H21N5O4S. The van der Waals surface area contributed by atoms with Crippen LogP contribution in [0.5, 0.6) is 11.6 Å². The third-order valence-electron chi connectivity index (χ3n) is 5.38. The van der Waals surface area contributed by atoms with E-state index in [9.17, 15) is 4.79 Å². The highest BCUT2D eigenvalue weighted by Crippen LogP contribution is 2.36. The summed E-state index contributed by atoms with van der Waals surface area (Å²) >= 11 is 1.54. The molecular weight excluding hydrogens is 490 g/mol. The molecule has 1 N–H and O–H groups in total. The Balaban J connectivity index is 1.24. The van der Waals surface area contributed by atoms with Crippen molar-refractivity contribution >= 4 is 50.1 Å². The second-order valence-corrected chi connectivity index (χ2v) is 9.04. The summed E-state index contributed by atoms with van der Waals surface area (Å²) in [4.78, 5) is 29.2. The summed E-state index contributed by atoms with van der Waals surface area (Å²) in [6, 6.07) is 16.3. The molecule has 0 spiro atoms. The first-order chi connectivity index (χ1) is 18.0. The van der Waals surface area contributed by atoms with Crippen LogP contribution < -0.4 is 14.8 Å². The number of nitrogens with zero attached hydrogens (tertiary/aromatic N) is 4. The largest absolute Gasteiger partial charge is 0.490 e. The molecule has 0 unspecified atom stereocenters. The van der Waals surface area contributed by atoms with E-state index in [0.29, 0.717) is 23.0 Å². The first-order valence-electron chi connectivity index (χ1n) is 11.3. The molecule has 10 heteroatoms. The van der Waals surface area contributed by atoms with Gasteiger partial charge in [0, 0.05) is 11.3 Å². The smallest absolute Gasteiger partial charge is 0.411 e. The van der Waals surface area contributed by atoms with E-state index in [1.807, 2.05) is 31.2 Å². The van der Waals surface area contributed by atoms with Gasteiger partial charge in [0.15, 0.2) is 5.69 Å². The summed E-state index contributed by atoms with van der Waals surface area (Å²) in [5, 5.41) is 3.43. The lowest BCUT2D eigenvalue weighted by atomic mass is 10.1. The van der Waals surface area contributed by atoms with E-state index < -0.39 is 6.09 Å². The SMILES string of the molecule is [C-]#[N+]c1cccc(NC(=O)OCCOc2ccc3nc(-c4cc(C)cc5nc(OC)cnc45)sc3c2)c1. The van der Waals surface area contributed by atoms with Crippen molar-refractivity contribution in [3.05, 3.63) is 77.8 Å². The summed E-state index contributed by atoms with van der Waals surface area (Å²) in [5.74, 6) is 1.11. The predicted molar refractivity (Wildman–Crippen MR) is 143 cm³/mol. The van der Waals surface area contributed by atoms with Crippen LogP contribution in [0.2, 0.25) is 0 Å². The van der Waals surface area contributed by atoms with Crippen molar-refractivity contribution in [1.29, 1.82) is 0 Å². The zero-order valence-electron chi connectivity index (χ0n) is 20.0. The molecule has 184 valence electrons. The molecule has 1 amide bonds. The van der Waals surface area contributed by atoms with E-state index in [1.165, 1.54) is 11.3 Å². The van der Waals surface area contributed by atoms with Crippen LogP contribution in [0, 0.1) is 13.5 Å². The van der Waals surface area contributed by atoms with Gasteiger partial charge in [-0.25, -0.2) is 24.6 Å². The monoisotopic (exact) mass is 511 g/mol. The van der Waals surface area contributed by atoms with Crippen LogP contribution in [-0.4, -0.2) is 41.4 Å². The van der Waals surface area contributed by atoms with Crippen molar-refractivity contribution in [3.63, 3.8) is 0 Å². The molecule has 0 bridgehead atoms. The molecule has 0 radical (unpaired) electrons. The first-order valence-corrected chi connectivity index (χ1v) is 12.1. The van der Waals surface area contributed by atoms with Crippen molar-refractivity contribution in [2.24, 2.45) is 0 Å². The molecule has 0 aliphatic rings. The second-order valence-electron chi connectivity index (χ2n) is 8.01. The molecule has 5 aromatic rings. The third-order valence-corrected chi connectivity index (χ3v) is 6.43. The molecule has 0 fully saturated rings.